The van der Waals surface area contributed by atoms with Crippen LogP contribution in [-0.2, 0) is 16.0 Å². The van der Waals surface area contributed by atoms with Gasteiger partial charge >= 0.3 is 0 Å². The third-order valence-electron chi connectivity index (χ3n) is 6.66. The van der Waals surface area contributed by atoms with Crippen molar-refractivity contribution in [1.82, 2.24) is 14.4 Å². The lowest BCUT2D eigenvalue weighted by Gasteiger charge is -2.40. The second-order valence-corrected chi connectivity index (χ2v) is 9.09. The van der Waals surface area contributed by atoms with Crippen LogP contribution < -0.4 is 0 Å². The summed E-state index contributed by atoms with van der Waals surface area (Å²) < 4.78 is 7.74. The van der Waals surface area contributed by atoms with Crippen LogP contribution >= 0.6 is 15.9 Å². The number of aromatic nitrogens is 1. The molecule has 166 valence electrons. The van der Waals surface area contributed by atoms with Gasteiger partial charge in [0.2, 0.25) is 11.8 Å². The lowest BCUT2D eigenvalue weighted by atomic mass is 9.79. The van der Waals surface area contributed by atoms with E-state index in [-0.39, 0.29) is 23.8 Å². The number of benzene rings is 1. The van der Waals surface area contributed by atoms with Crippen LogP contribution in [0.25, 0.3) is 16.5 Å². The van der Waals surface area contributed by atoms with Crippen molar-refractivity contribution in [3.63, 3.8) is 0 Å². The van der Waals surface area contributed by atoms with E-state index >= 15 is 0 Å². The summed E-state index contributed by atoms with van der Waals surface area (Å²) in [6, 6.07) is 6.33. The summed E-state index contributed by atoms with van der Waals surface area (Å²) in [5.74, 6) is 0.0556. The second kappa shape index (κ2) is 8.88. The minimum Gasteiger partial charge on any atom is -0.384 e. The summed E-state index contributed by atoms with van der Waals surface area (Å²) in [6.45, 7) is 6.60. The first kappa shape index (κ1) is 22.2. The first-order chi connectivity index (χ1) is 14.9. The van der Waals surface area contributed by atoms with E-state index in [0.717, 1.165) is 40.6 Å². The largest absolute Gasteiger partial charge is 0.384 e. The Kier molecular flexibility index (Phi) is 6.37. The maximum atomic E-state index is 13.1. The van der Waals surface area contributed by atoms with Crippen LogP contribution in [0.4, 0.5) is 0 Å². The maximum Gasteiger partial charge on any atom is 0.234 e. The van der Waals surface area contributed by atoms with Gasteiger partial charge in [-0.05, 0) is 66.0 Å². The number of rotatable bonds is 6. The molecule has 2 aromatic rings. The number of carbonyl (C=O) groups is 2. The highest BCUT2D eigenvalue weighted by atomic mass is 79.9. The number of hydrogen-bond donors (Lipinski definition) is 0. The monoisotopic (exact) mass is 487 g/mol. The molecule has 0 radical (unpaired) electrons. The molecular weight excluding hydrogens is 458 g/mol. The smallest absolute Gasteiger partial charge is 0.234 e. The van der Waals surface area contributed by atoms with Gasteiger partial charge in [0.1, 0.15) is 0 Å². The number of halogens is 1. The lowest BCUT2D eigenvalue weighted by molar-refractivity contribution is -0.134. The number of likely N-dealkylation sites (N-methyl/N-ethyl adjacent to an activating group) is 1. The molecule has 31 heavy (non-hydrogen) atoms. The van der Waals surface area contributed by atoms with E-state index in [0.29, 0.717) is 19.6 Å². The van der Waals surface area contributed by atoms with Gasteiger partial charge in [0.25, 0.3) is 0 Å². The highest BCUT2D eigenvalue weighted by Crippen LogP contribution is 2.45. The van der Waals surface area contributed by atoms with E-state index in [9.17, 15) is 9.59 Å². The van der Waals surface area contributed by atoms with Crippen LogP contribution in [0.5, 0.6) is 0 Å². The molecule has 1 aliphatic carbocycles. The van der Waals surface area contributed by atoms with Crippen molar-refractivity contribution in [1.29, 1.82) is 0 Å². The maximum absolute atomic E-state index is 13.1. The molecule has 0 fully saturated rings. The molecule has 1 amide bonds. The first-order valence-electron chi connectivity index (χ1n) is 11.0. The van der Waals surface area contributed by atoms with Gasteiger partial charge in [-0.2, -0.15) is 0 Å². The third-order valence-corrected chi connectivity index (χ3v) is 7.49. The molecule has 0 N–H and O–H groups in total. The molecule has 4 rings (SSSR count). The van der Waals surface area contributed by atoms with Crippen molar-refractivity contribution < 1.29 is 14.3 Å². The minimum atomic E-state index is -0.151. The highest BCUT2D eigenvalue weighted by Gasteiger charge is 2.38. The Morgan fingerprint density at radius 2 is 2.00 bits per heavy atom. The van der Waals surface area contributed by atoms with E-state index in [1.165, 1.54) is 11.1 Å². The lowest BCUT2D eigenvalue weighted by Crippen LogP contribution is -2.47. The molecule has 6 nitrogen and oxygen atoms in total. The molecule has 0 spiro atoms. The summed E-state index contributed by atoms with van der Waals surface area (Å²) in [4.78, 5) is 30.2. The number of fused-ring (bicyclic) bond motifs is 2. The Morgan fingerprint density at radius 1 is 1.26 bits per heavy atom. The van der Waals surface area contributed by atoms with E-state index in [1.54, 1.807) is 11.7 Å². The van der Waals surface area contributed by atoms with Crippen LogP contribution in [0, 0.1) is 5.92 Å². The number of carbonyl (C=O) groups excluding carboxylic acids is 2. The molecular formula is C24H30BrN3O3. The Bertz CT molecular complexity index is 1050. The summed E-state index contributed by atoms with van der Waals surface area (Å²) in [6.07, 6.45) is 3.32. The fourth-order valence-electron chi connectivity index (χ4n) is 5.06. The molecule has 2 atom stereocenters. The predicted octanol–water partition coefficient (Wildman–Crippen LogP) is 3.82. The summed E-state index contributed by atoms with van der Waals surface area (Å²) >= 11 is 3.73. The molecule has 0 bridgehead atoms. The van der Waals surface area contributed by atoms with E-state index in [2.05, 4.69) is 40.0 Å². The quantitative estimate of drug-likeness (QED) is 0.621. The van der Waals surface area contributed by atoms with Crippen LogP contribution in [0.3, 0.4) is 0 Å². The van der Waals surface area contributed by atoms with Crippen LogP contribution in [0.15, 0.2) is 28.9 Å². The highest BCUT2D eigenvalue weighted by molar-refractivity contribution is 9.10. The van der Waals surface area contributed by atoms with Gasteiger partial charge < -0.3 is 9.64 Å². The topological polar surface area (TPSA) is 54.8 Å². The standard InChI is InChI=1S/C24H30BrN3O3/c1-5-27(6-2)24(30)15-12-17-16-8-7-9-19-22(16)18(13-20(17)26(3)14-15)23(25)28(19)21(29)10-11-31-4/h7-9,12,15,20H,5-6,10-11,13-14H2,1-4H3/t15-,20-/m1/s1. The van der Waals surface area contributed by atoms with Gasteiger partial charge in [0, 0.05) is 38.2 Å². The average molecular weight is 488 g/mol. The van der Waals surface area contributed by atoms with E-state index < -0.39 is 0 Å². The van der Waals surface area contributed by atoms with Crippen molar-refractivity contribution in [3.05, 3.63) is 40.0 Å². The Labute approximate surface area is 191 Å². The summed E-state index contributed by atoms with van der Waals surface area (Å²) in [7, 11) is 3.71. The number of nitrogens with zero attached hydrogens (tertiary/aromatic N) is 3. The molecule has 0 unspecified atom stereocenters. The van der Waals surface area contributed by atoms with Crippen molar-refractivity contribution in [2.24, 2.45) is 5.92 Å². The molecule has 0 saturated heterocycles. The molecule has 1 aromatic heterocycles. The molecule has 2 heterocycles. The Morgan fingerprint density at radius 3 is 2.68 bits per heavy atom. The third kappa shape index (κ3) is 3.66. The SMILES string of the molecule is CCN(CC)C(=O)[C@@H]1C=C2c3cccc4c3c(c(Br)n4C(=O)CCOC)C[C@H]2N(C)C1. The van der Waals surface area contributed by atoms with Crippen molar-refractivity contribution in [3.8, 4) is 0 Å². The minimum absolute atomic E-state index is 0.0175. The summed E-state index contributed by atoms with van der Waals surface area (Å²) in [5, 5.41) is 1.12. The van der Waals surface area contributed by atoms with E-state index in [1.807, 2.05) is 30.9 Å². The van der Waals surface area contributed by atoms with E-state index in [4.69, 9.17) is 4.74 Å². The number of hydrogen-bond acceptors (Lipinski definition) is 4. The normalized spacial score (nSPS) is 20.5. The zero-order chi connectivity index (χ0) is 22.3. The van der Waals surface area contributed by atoms with Gasteiger partial charge in [-0.3, -0.25) is 19.1 Å². The van der Waals surface area contributed by atoms with Crippen molar-refractivity contribution >= 4 is 44.2 Å². The zero-order valence-corrected chi connectivity index (χ0v) is 20.2. The van der Waals surface area contributed by atoms with Gasteiger partial charge in [-0.25, -0.2) is 0 Å². The van der Waals surface area contributed by atoms with Crippen LogP contribution in [0.1, 0.15) is 36.2 Å². The summed E-state index contributed by atoms with van der Waals surface area (Å²) in [5.41, 5.74) is 4.41. The van der Waals surface area contributed by atoms with Crippen molar-refractivity contribution in [2.45, 2.75) is 32.7 Å². The molecule has 1 aliphatic heterocycles. The van der Waals surface area contributed by atoms with Gasteiger partial charge in [-0.15, -0.1) is 0 Å². The second-order valence-electron chi connectivity index (χ2n) is 8.34. The predicted molar refractivity (Wildman–Crippen MR) is 126 cm³/mol. The fourth-order valence-corrected chi connectivity index (χ4v) is 5.81. The Hall–Kier alpha value is -1.96. The molecule has 1 aromatic carbocycles. The number of amides is 1. The number of ether oxygens (including phenoxy) is 1. The number of methoxy groups -OCH3 is 1. The molecule has 0 saturated carbocycles. The Balaban J connectivity index is 1.83. The van der Waals surface area contributed by atoms with Gasteiger partial charge in [0.05, 0.1) is 29.1 Å². The average Bonchev–Trinajstić information content (AvgIpc) is 3.06. The van der Waals surface area contributed by atoms with Crippen LogP contribution in [0.2, 0.25) is 0 Å². The van der Waals surface area contributed by atoms with Crippen molar-refractivity contribution in [2.75, 3.05) is 40.4 Å². The fraction of sp³-hybridized carbons (Fsp3) is 0.500. The first-order valence-corrected chi connectivity index (χ1v) is 11.8. The zero-order valence-electron chi connectivity index (χ0n) is 18.7. The molecule has 7 heteroatoms. The van der Waals surface area contributed by atoms with Gasteiger partial charge in [0.15, 0.2) is 0 Å². The van der Waals surface area contributed by atoms with Gasteiger partial charge in [-0.1, -0.05) is 18.2 Å². The van der Waals surface area contributed by atoms with Crippen LogP contribution in [-0.4, -0.2) is 72.6 Å². The molecule has 2 aliphatic rings.